The van der Waals surface area contributed by atoms with Crippen molar-refractivity contribution in [3.8, 4) is 0 Å². The van der Waals surface area contributed by atoms with Crippen LogP contribution in [0.15, 0.2) is 4.52 Å². The molecule has 0 aromatic carbocycles. The quantitative estimate of drug-likeness (QED) is 0.824. The SMILES string of the molecule is CCc1noc(C)c1C(=O)N1C[C@H]2C[C@@H](C1)[C@H](CNC(C)=O)N1C(=O)CCC[C@@H]21. The first kappa shape index (κ1) is 19.9. The number of aryl methyl sites for hydroxylation is 2. The molecule has 8 heteroatoms. The van der Waals surface area contributed by atoms with Crippen LogP contribution in [0.5, 0.6) is 0 Å². The first-order valence-electron chi connectivity index (χ1n) is 10.7. The Bertz CT molecular complexity index is 820. The second-order valence-corrected chi connectivity index (χ2v) is 8.65. The van der Waals surface area contributed by atoms with Gasteiger partial charge in [-0.1, -0.05) is 12.1 Å². The van der Waals surface area contributed by atoms with E-state index >= 15 is 0 Å². The average Bonchev–Trinajstić information content (AvgIpc) is 3.08. The predicted molar refractivity (Wildman–Crippen MR) is 105 cm³/mol. The molecule has 1 aromatic heterocycles. The summed E-state index contributed by atoms with van der Waals surface area (Å²) in [4.78, 5) is 41.6. The highest BCUT2D eigenvalue weighted by Gasteiger charge is 2.50. The van der Waals surface area contributed by atoms with Crippen LogP contribution < -0.4 is 5.32 Å². The van der Waals surface area contributed by atoms with Crippen LogP contribution in [0.2, 0.25) is 0 Å². The topological polar surface area (TPSA) is 95.8 Å². The molecule has 2 bridgehead atoms. The molecule has 8 nitrogen and oxygen atoms in total. The fourth-order valence-corrected chi connectivity index (χ4v) is 5.54. The van der Waals surface area contributed by atoms with Gasteiger partial charge in [0.25, 0.3) is 5.91 Å². The smallest absolute Gasteiger partial charge is 0.259 e. The Labute approximate surface area is 171 Å². The predicted octanol–water partition coefficient (Wildman–Crippen LogP) is 1.52. The van der Waals surface area contributed by atoms with Gasteiger partial charge >= 0.3 is 0 Å². The van der Waals surface area contributed by atoms with Crippen molar-refractivity contribution in [2.24, 2.45) is 11.8 Å². The lowest BCUT2D eigenvalue weighted by atomic mass is 9.72. The molecule has 3 aliphatic heterocycles. The molecule has 3 saturated heterocycles. The van der Waals surface area contributed by atoms with Crippen LogP contribution in [0, 0.1) is 18.8 Å². The lowest BCUT2D eigenvalue weighted by Gasteiger charge is -2.56. The second-order valence-electron chi connectivity index (χ2n) is 8.65. The van der Waals surface area contributed by atoms with E-state index in [0.717, 1.165) is 19.3 Å². The van der Waals surface area contributed by atoms with Crippen molar-refractivity contribution in [3.63, 3.8) is 0 Å². The van der Waals surface area contributed by atoms with Crippen LogP contribution in [0.25, 0.3) is 0 Å². The number of amides is 3. The summed E-state index contributed by atoms with van der Waals surface area (Å²) in [5, 5.41) is 6.95. The van der Waals surface area contributed by atoms with Gasteiger partial charge in [0.1, 0.15) is 11.3 Å². The number of likely N-dealkylation sites (tertiary alicyclic amines) is 1. The van der Waals surface area contributed by atoms with Crippen LogP contribution in [-0.2, 0) is 16.0 Å². The Balaban J connectivity index is 1.61. The molecule has 0 aliphatic carbocycles. The number of piperidine rings is 3. The molecular formula is C21H30N4O4. The monoisotopic (exact) mass is 402 g/mol. The minimum atomic E-state index is -0.0930. The van der Waals surface area contributed by atoms with E-state index in [-0.39, 0.29) is 41.6 Å². The summed E-state index contributed by atoms with van der Waals surface area (Å²) < 4.78 is 5.28. The van der Waals surface area contributed by atoms with E-state index < -0.39 is 0 Å². The van der Waals surface area contributed by atoms with Crippen molar-refractivity contribution >= 4 is 17.7 Å². The molecule has 0 unspecified atom stereocenters. The van der Waals surface area contributed by atoms with E-state index in [1.54, 1.807) is 6.92 Å². The lowest BCUT2D eigenvalue weighted by Crippen LogP contribution is -2.67. The molecule has 0 radical (unpaired) electrons. The highest BCUT2D eigenvalue weighted by molar-refractivity contribution is 5.96. The van der Waals surface area contributed by atoms with Gasteiger partial charge in [0.15, 0.2) is 0 Å². The summed E-state index contributed by atoms with van der Waals surface area (Å²) in [6.07, 6.45) is 4.08. The third-order valence-corrected chi connectivity index (χ3v) is 6.83. The van der Waals surface area contributed by atoms with E-state index in [4.69, 9.17) is 4.52 Å². The van der Waals surface area contributed by atoms with Crippen LogP contribution in [0.1, 0.15) is 61.3 Å². The third kappa shape index (κ3) is 3.53. The van der Waals surface area contributed by atoms with Crippen molar-refractivity contribution in [1.29, 1.82) is 0 Å². The summed E-state index contributed by atoms with van der Waals surface area (Å²) in [7, 11) is 0. The fraction of sp³-hybridized carbons (Fsp3) is 0.714. The maximum Gasteiger partial charge on any atom is 0.259 e. The normalized spacial score (nSPS) is 28.9. The number of carbonyl (C=O) groups is 3. The molecule has 3 aliphatic rings. The fourth-order valence-electron chi connectivity index (χ4n) is 5.54. The molecule has 0 spiro atoms. The number of carbonyl (C=O) groups excluding carboxylic acids is 3. The van der Waals surface area contributed by atoms with Gasteiger partial charge in [0.2, 0.25) is 11.8 Å². The summed E-state index contributed by atoms with van der Waals surface area (Å²) in [6.45, 7) is 6.94. The number of aromatic nitrogens is 1. The Kier molecular flexibility index (Phi) is 5.36. The van der Waals surface area contributed by atoms with Gasteiger partial charge in [0, 0.05) is 39.0 Å². The number of hydrogen-bond donors (Lipinski definition) is 1. The van der Waals surface area contributed by atoms with Crippen molar-refractivity contribution in [2.45, 2.75) is 65.0 Å². The molecule has 1 N–H and O–H groups in total. The maximum atomic E-state index is 13.4. The molecule has 158 valence electrons. The van der Waals surface area contributed by atoms with Gasteiger partial charge in [0.05, 0.1) is 11.7 Å². The number of fused-ring (bicyclic) bond motifs is 4. The van der Waals surface area contributed by atoms with E-state index in [1.807, 2.05) is 16.7 Å². The van der Waals surface area contributed by atoms with Crippen molar-refractivity contribution in [2.75, 3.05) is 19.6 Å². The van der Waals surface area contributed by atoms with Crippen LogP contribution in [0.3, 0.4) is 0 Å². The van der Waals surface area contributed by atoms with Gasteiger partial charge in [-0.25, -0.2) is 0 Å². The van der Waals surface area contributed by atoms with Gasteiger partial charge in [-0.2, -0.15) is 0 Å². The largest absolute Gasteiger partial charge is 0.361 e. The van der Waals surface area contributed by atoms with Crippen LogP contribution >= 0.6 is 0 Å². The zero-order valence-electron chi connectivity index (χ0n) is 17.4. The molecule has 1 aromatic rings. The molecule has 3 amide bonds. The molecule has 3 fully saturated rings. The third-order valence-electron chi connectivity index (χ3n) is 6.83. The molecule has 4 atom stereocenters. The van der Waals surface area contributed by atoms with Crippen molar-refractivity contribution < 1.29 is 18.9 Å². The lowest BCUT2D eigenvalue weighted by molar-refractivity contribution is -0.151. The second kappa shape index (κ2) is 7.80. The highest BCUT2D eigenvalue weighted by atomic mass is 16.5. The highest BCUT2D eigenvalue weighted by Crippen LogP contribution is 2.42. The van der Waals surface area contributed by atoms with Gasteiger partial charge in [-0.3, -0.25) is 14.4 Å². The molecular weight excluding hydrogens is 372 g/mol. The number of nitrogens with one attached hydrogen (secondary N) is 1. The first-order chi connectivity index (χ1) is 13.9. The Hall–Kier alpha value is -2.38. The van der Waals surface area contributed by atoms with E-state index in [2.05, 4.69) is 10.5 Å². The van der Waals surface area contributed by atoms with E-state index in [1.165, 1.54) is 6.92 Å². The van der Waals surface area contributed by atoms with Crippen LogP contribution in [0.4, 0.5) is 0 Å². The zero-order valence-corrected chi connectivity index (χ0v) is 17.4. The molecule has 4 heterocycles. The Morgan fingerprint density at radius 3 is 2.76 bits per heavy atom. The molecule has 29 heavy (non-hydrogen) atoms. The molecule has 4 rings (SSSR count). The van der Waals surface area contributed by atoms with E-state index in [9.17, 15) is 14.4 Å². The minimum Gasteiger partial charge on any atom is -0.361 e. The van der Waals surface area contributed by atoms with Gasteiger partial charge in [-0.05, 0) is 44.4 Å². The van der Waals surface area contributed by atoms with E-state index in [0.29, 0.717) is 49.5 Å². The minimum absolute atomic E-state index is 0.0239. The number of nitrogens with zero attached hydrogens (tertiary/aromatic N) is 3. The summed E-state index contributed by atoms with van der Waals surface area (Å²) >= 11 is 0. The maximum absolute atomic E-state index is 13.4. The Morgan fingerprint density at radius 1 is 1.28 bits per heavy atom. The standard InChI is InChI=1S/C21H30N4O4/c1-4-16-20(12(2)29-23-16)21(28)24-10-14-8-15(11-24)18(9-22-13(3)26)25-17(14)6-5-7-19(25)27/h14-15,17-18H,4-11H2,1-3H3,(H,22,26)/t14-,15+,17+,18+/m1/s1. The summed E-state index contributed by atoms with van der Waals surface area (Å²) in [5.74, 6) is 1.07. The average molecular weight is 402 g/mol. The summed E-state index contributed by atoms with van der Waals surface area (Å²) in [6, 6.07) is 0.0915. The van der Waals surface area contributed by atoms with Crippen molar-refractivity contribution in [3.05, 3.63) is 17.0 Å². The number of hydrogen-bond acceptors (Lipinski definition) is 5. The summed E-state index contributed by atoms with van der Waals surface area (Å²) in [5.41, 5.74) is 1.29. The number of rotatable bonds is 4. The van der Waals surface area contributed by atoms with Crippen molar-refractivity contribution in [1.82, 2.24) is 20.3 Å². The van der Waals surface area contributed by atoms with Gasteiger partial charge in [-0.15, -0.1) is 0 Å². The zero-order chi connectivity index (χ0) is 20.7. The van der Waals surface area contributed by atoms with Gasteiger partial charge < -0.3 is 19.6 Å². The first-order valence-corrected chi connectivity index (χ1v) is 10.7. The molecule has 0 saturated carbocycles. The van der Waals surface area contributed by atoms with Crippen LogP contribution in [-0.4, -0.2) is 64.4 Å². The Morgan fingerprint density at radius 2 is 2.03 bits per heavy atom.